The number of fused-ring (bicyclic) bond motifs is 1. The number of halogens is 1. The van der Waals surface area contributed by atoms with Gasteiger partial charge in [-0.3, -0.25) is 0 Å². The fourth-order valence-electron chi connectivity index (χ4n) is 1.78. The molecule has 2 N–H and O–H groups in total. The van der Waals surface area contributed by atoms with Crippen LogP contribution in [-0.4, -0.2) is 27.2 Å². The third kappa shape index (κ3) is 2.28. The average Bonchev–Trinajstić information content (AvgIpc) is 2.65. The van der Waals surface area contributed by atoms with Gasteiger partial charge >= 0.3 is 0 Å². The zero-order valence-electron chi connectivity index (χ0n) is 9.55. The molecule has 4 nitrogen and oxygen atoms in total. The van der Waals surface area contributed by atoms with Gasteiger partial charge in [0, 0.05) is 5.56 Å². The summed E-state index contributed by atoms with van der Waals surface area (Å²) in [6.45, 7) is 3.79. The van der Waals surface area contributed by atoms with Gasteiger partial charge in [-0.2, -0.15) is 0 Å². The van der Waals surface area contributed by atoms with E-state index < -0.39 is 5.54 Å². The number of rotatable bonds is 3. The summed E-state index contributed by atoms with van der Waals surface area (Å²) in [5.74, 6) is 0.504. The quantitative estimate of drug-likeness (QED) is 0.793. The third-order valence-corrected chi connectivity index (χ3v) is 3.04. The second-order valence-electron chi connectivity index (χ2n) is 4.78. The van der Waals surface area contributed by atoms with E-state index in [1.807, 2.05) is 13.8 Å². The first-order valence-electron chi connectivity index (χ1n) is 5.46. The first kappa shape index (κ1) is 11.6. The second-order valence-corrected chi connectivity index (χ2v) is 5.14. The van der Waals surface area contributed by atoms with E-state index in [1.165, 1.54) is 0 Å². The molecule has 0 atom stereocenters. The number of aromatic nitrogens is 2. The van der Waals surface area contributed by atoms with Crippen LogP contribution in [0.1, 0.15) is 31.5 Å². The lowest BCUT2D eigenvalue weighted by Gasteiger charge is -2.23. The van der Waals surface area contributed by atoms with Crippen LogP contribution in [-0.2, 0) is 12.8 Å². The molecule has 0 unspecified atom stereocenters. The van der Waals surface area contributed by atoms with Crippen molar-refractivity contribution in [2.45, 2.75) is 38.6 Å². The minimum Gasteiger partial charge on any atom is -0.394 e. The molecule has 2 rings (SSSR count). The van der Waals surface area contributed by atoms with Crippen molar-refractivity contribution in [1.82, 2.24) is 9.97 Å². The molecule has 0 saturated heterocycles. The van der Waals surface area contributed by atoms with Crippen LogP contribution in [0.2, 0.25) is 5.15 Å². The third-order valence-electron chi connectivity index (χ3n) is 2.73. The van der Waals surface area contributed by atoms with Crippen LogP contribution in [0.25, 0.3) is 0 Å². The van der Waals surface area contributed by atoms with Gasteiger partial charge in [0.05, 0.1) is 17.8 Å². The average molecular weight is 242 g/mol. The smallest absolute Gasteiger partial charge is 0.224 e. The molecule has 0 radical (unpaired) electrons. The molecular formula is C11H16ClN3O. The Kier molecular flexibility index (Phi) is 3.04. The number of aliphatic hydroxyl groups is 1. The van der Waals surface area contributed by atoms with Gasteiger partial charge in [0.1, 0.15) is 5.15 Å². The largest absolute Gasteiger partial charge is 0.394 e. The van der Waals surface area contributed by atoms with Gasteiger partial charge < -0.3 is 10.4 Å². The Morgan fingerprint density at radius 1 is 1.38 bits per heavy atom. The van der Waals surface area contributed by atoms with E-state index in [1.54, 1.807) is 0 Å². The van der Waals surface area contributed by atoms with E-state index in [0.29, 0.717) is 11.1 Å². The molecule has 0 spiro atoms. The van der Waals surface area contributed by atoms with E-state index in [-0.39, 0.29) is 6.61 Å². The molecule has 0 fully saturated rings. The molecule has 0 aliphatic heterocycles. The summed E-state index contributed by atoms with van der Waals surface area (Å²) in [7, 11) is 0. The van der Waals surface area contributed by atoms with Crippen LogP contribution in [0.5, 0.6) is 0 Å². The summed E-state index contributed by atoms with van der Waals surface area (Å²) < 4.78 is 0. The van der Waals surface area contributed by atoms with Crippen LogP contribution >= 0.6 is 11.6 Å². The summed E-state index contributed by atoms with van der Waals surface area (Å²) >= 11 is 6.09. The van der Waals surface area contributed by atoms with Gasteiger partial charge in [0.2, 0.25) is 5.95 Å². The fourth-order valence-corrected chi connectivity index (χ4v) is 2.07. The van der Waals surface area contributed by atoms with Crippen LogP contribution in [0.3, 0.4) is 0 Å². The molecule has 16 heavy (non-hydrogen) atoms. The van der Waals surface area contributed by atoms with Crippen molar-refractivity contribution in [3.05, 3.63) is 16.4 Å². The summed E-state index contributed by atoms with van der Waals surface area (Å²) in [5.41, 5.74) is 1.68. The van der Waals surface area contributed by atoms with Gasteiger partial charge in [-0.15, -0.1) is 0 Å². The Labute approximate surface area is 100 Å². The monoisotopic (exact) mass is 241 g/mol. The molecule has 0 bridgehead atoms. The second kappa shape index (κ2) is 4.18. The van der Waals surface area contributed by atoms with Crippen LogP contribution < -0.4 is 5.32 Å². The van der Waals surface area contributed by atoms with E-state index in [2.05, 4.69) is 15.3 Å². The summed E-state index contributed by atoms with van der Waals surface area (Å²) in [4.78, 5) is 8.64. The molecule has 0 saturated carbocycles. The van der Waals surface area contributed by atoms with Crippen LogP contribution in [0.15, 0.2) is 0 Å². The van der Waals surface area contributed by atoms with E-state index in [0.717, 1.165) is 30.5 Å². The highest BCUT2D eigenvalue weighted by Crippen LogP contribution is 2.27. The van der Waals surface area contributed by atoms with Gasteiger partial charge in [-0.1, -0.05) is 11.6 Å². The normalized spacial score (nSPS) is 15.0. The highest BCUT2D eigenvalue weighted by molar-refractivity contribution is 6.30. The Balaban J connectivity index is 2.27. The molecular weight excluding hydrogens is 226 g/mol. The molecule has 1 aromatic heterocycles. The Morgan fingerprint density at radius 3 is 2.81 bits per heavy atom. The van der Waals surface area contributed by atoms with Crippen molar-refractivity contribution in [3.63, 3.8) is 0 Å². The van der Waals surface area contributed by atoms with Crippen molar-refractivity contribution in [2.75, 3.05) is 11.9 Å². The minimum absolute atomic E-state index is 0.0189. The van der Waals surface area contributed by atoms with Crippen molar-refractivity contribution in [2.24, 2.45) is 0 Å². The maximum Gasteiger partial charge on any atom is 0.224 e. The maximum atomic E-state index is 9.17. The minimum atomic E-state index is -0.434. The van der Waals surface area contributed by atoms with Gasteiger partial charge in [0.15, 0.2) is 0 Å². The number of nitrogens with zero attached hydrogens (tertiary/aromatic N) is 2. The van der Waals surface area contributed by atoms with Crippen LogP contribution in [0.4, 0.5) is 5.95 Å². The van der Waals surface area contributed by atoms with Crippen LogP contribution in [0, 0.1) is 0 Å². The number of nitrogens with one attached hydrogen (secondary N) is 1. The summed E-state index contributed by atoms with van der Waals surface area (Å²) in [6.07, 6.45) is 3.03. The zero-order valence-corrected chi connectivity index (χ0v) is 10.3. The summed E-state index contributed by atoms with van der Waals surface area (Å²) in [5, 5.41) is 12.8. The fraction of sp³-hybridized carbons (Fsp3) is 0.636. The van der Waals surface area contributed by atoms with E-state index in [9.17, 15) is 0 Å². The maximum absolute atomic E-state index is 9.17. The Morgan fingerprint density at radius 2 is 2.12 bits per heavy atom. The molecule has 1 heterocycles. The SMILES string of the molecule is CC(C)(CO)Nc1nc(Cl)c2c(n1)CCC2. The molecule has 88 valence electrons. The summed E-state index contributed by atoms with van der Waals surface area (Å²) in [6, 6.07) is 0. The first-order chi connectivity index (χ1) is 7.52. The van der Waals surface area contributed by atoms with Gasteiger partial charge in [-0.05, 0) is 33.1 Å². The van der Waals surface area contributed by atoms with Gasteiger partial charge in [-0.25, -0.2) is 9.97 Å². The zero-order chi connectivity index (χ0) is 11.8. The van der Waals surface area contributed by atoms with Gasteiger partial charge in [0.25, 0.3) is 0 Å². The van der Waals surface area contributed by atoms with Crippen molar-refractivity contribution in [1.29, 1.82) is 0 Å². The molecule has 1 aliphatic rings. The highest BCUT2D eigenvalue weighted by Gasteiger charge is 2.21. The number of aliphatic hydroxyl groups excluding tert-OH is 1. The topological polar surface area (TPSA) is 58.0 Å². The van der Waals surface area contributed by atoms with Crippen molar-refractivity contribution < 1.29 is 5.11 Å². The van der Waals surface area contributed by atoms with Crippen molar-refractivity contribution in [3.8, 4) is 0 Å². The lowest BCUT2D eigenvalue weighted by Crippen LogP contribution is -2.35. The lowest BCUT2D eigenvalue weighted by atomic mass is 10.1. The molecule has 1 aromatic rings. The molecule has 5 heteroatoms. The number of hydrogen-bond donors (Lipinski definition) is 2. The predicted molar refractivity (Wildman–Crippen MR) is 63.9 cm³/mol. The predicted octanol–water partition coefficient (Wildman–Crippen LogP) is 1.80. The molecule has 0 amide bonds. The van der Waals surface area contributed by atoms with Crippen molar-refractivity contribution >= 4 is 17.5 Å². The number of aryl methyl sites for hydroxylation is 1. The lowest BCUT2D eigenvalue weighted by molar-refractivity contribution is 0.233. The Bertz CT molecular complexity index is 406. The highest BCUT2D eigenvalue weighted by atomic mass is 35.5. The number of hydrogen-bond acceptors (Lipinski definition) is 4. The van der Waals surface area contributed by atoms with E-state index in [4.69, 9.17) is 16.7 Å². The Hall–Kier alpha value is -0.870. The van der Waals surface area contributed by atoms with E-state index >= 15 is 0 Å². The molecule has 0 aromatic carbocycles. The first-order valence-corrected chi connectivity index (χ1v) is 5.84. The number of anilines is 1. The molecule has 1 aliphatic carbocycles. The standard InChI is InChI=1S/C11H16ClN3O/c1-11(2,6-16)15-10-13-8-5-3-4-7(8)9(12)14-10/h16H,3-6H2,1-2H3,(H,13,14,15).